The predicted octanol–water partition coefficient (Wildman–Crippen LogP) is 4.08. The van der Waals surface area contributed by atoms with Crippen molar-refractivity contribution in [3.63, 3.8) is 0 Å². The van der Waals surface area contributed by atoms with Gasteiger partial charge in [0.2, 0.25) is 0 Å². The van der Waals surface area contributed by atoms with Crippen LogP contribution in [0.2, 0.25) is 0 Å². The summed E-state index contributed by atoms with van der Waals surface area (Å²) >= 11 is 0. The molecule has 146 valence electrons. The molecule has 0 amide bonds. The topological polar surface area (TPSA) is 107 Å². The zero-order valence-corrected chi connectivity index (χ0v) is 15.6. The second kappa shape index (κ2) is 9.30. The number of aliphatic hydroxyl groups excluding tert-OH is 1. The molecule has 0 aliphatic heterocycles. The zero-order chi connectivity index (χ0) is 20.0. The molecule has 0 bridgehead atoms. The highest BCUT2D eigenvalue weighted by molar-refractivity contribution is 5.92. The minimum Gasteiger partial charge on any atom is -0.512 e. The number of rotatable bonds is 8. The van der Waals surface area contributed by atoms with Crippen LogP contribution >= 0.6 is 0 Å². The highest BCUT2D eigenvalue weighted by atomic mass is 16.6. The summed E-state index contributed by atoms with van der Waals surface area (Å²) in [7, 11) is 0. The lowest BCUT2D eigenvalue weighted by atomic mass is 9.67. The molecular formula is C20H25NO6. The van der Waals surface area contributed by atoms with Crippen LogP contribution in [-0.2, 0) is 14.3 Å². The Labute approximate surface area is 158 Å². The highest BCUT2D eigenvalue weighted by Gasteiger charge is 2.42. The van der Waals surface area contributed by atoms with E-state index in [2.05, 4.69) is 0 Å². The van der Waals surface area contributed by atoms with Gasteiger partial charge in [0.25, 0.3) is 5.69 Å². The smallest absolute Gasteiger partial charge is 0.338 e. The van der Waals surface area contributed by atoms with Crippen LogP contribution in [0.15, 0.2) is 35.6 Å². The Bertz CT molecular complexity index is 724. The van der Waals surface area contributed by atoms with Crippen molar-refractivity contribution < 1.29 is 24.4 Å². The molecule has 0 fully saturated rings. The van der Waals surface area contributed by atoms with Crippen molar-refractivity contribution in [1.82, 2.24) is 0 Å². The van der Waals surface area contributed by atoms with Crippen LogP contribution in [0, 0.1) is 22.0 Å². The first kappa shape index (κ1) is 20.6. The second-order valence-electron chi connectivity index (χ2n) is 6.73. The first-order valence-electron chi connectivity index (χ1n) is 9.23. The molecule has 1 aromatic carbocycles. The van der Waals surface area contributed by atoms with Crippen molar-refractivity contribution in [3.05, 3.63) is 51.3 Å². The van der Waals surface area contributed by atoms with E-state index in [-0.39, 0.29) is 36.0 Å². The van der Waals surface area contributed by atoms with Crippen LogP contribution in [0.3, 0.4) is 0 Å². The Balaban J connectivity index is 2.52. The molecule has 0 saturated carbocycles. The third kappa shape index (κ3) is 4.53. The molecule has 7 heteroatoms. The normalized spacial score (nSPS) is 22.4. The Morgan fingerprint density at radius 2 is 2.00 bits per heavy atom. The number of hydrogen-bond donors (Lipinski definition) is 1. The number of unbranched alkanes of at least 4 members (excludes halogenated alkanes) is 1. The van der Waals surface area contributed by atoms with Crippen LogP contribution < -0.4 is 0 Å². The third-order valence-corrected chi connectivity index (χ3v) is 5.05. The first-order chi connectivity index (χ1) is 12.9. The summed E-state index contributed by atoms with van der Waals surface area (Å²) in [5, 5.41) is 21.5. The maximum absolute atomic E-state index is 12.5. The van der Waals surface area contributed by atoms with Crippen LogP contribution in [-0.4, -0.2) is 28.9 Å². The Hall–Kier alpha value is -2.70. The van der Waals surface area contributed by atoms with Crippen molar-refractivity contribution in [2.24, 2.45) is 11.8 Å². The van der Waals surface area contributed by atoms with Crippen LogP contribution in [0.4, 0.5) is 5.69 Å². The number of nitro benzene ring substituents is 1. The molecule has 3 atom stereocenters. The summed E-state index contributed by atoms with van der Waals surface area (Å²) in [5.41, 5.74) is 0.578. The van der Waals surface area contributed by atoms with Crippen LogP contribution in [0.25, 0.3) is 0 Å². The minimum absolute atomic E-state index is 0.0593. The Morgan fingerprint density at radius 3 is 2.52 bits per heavy atom. The van der Waals surface area contributed by atoms with Crippen molar-refractivity contribution >= 4 is 17.9 Å². The lowest BCUT2D eigenvalue weighted by molar-refractivity contribution is -0.384. The highest BCUT2D eigenvalue weighted by Crippen LogP contribution is 2.45. The molecule has 0 saturated heterocycles. The molecule has 0 aromatic heterocycles. The monoisotopic (exact) mass is 375 g/mol. The van der Waals surface area contributed by atoms with E-state index in [1.54, 1.807) is 6.92 Å². The van der Waals surface area contributed by atoms with Gasteiger partial charge in [-0.25, -0.2) is 4.79 Å². The number of hydrogen-bond acceptors (Lipinski definition) is 6. The number of aldehydes is 1. The van der Waals surface area contributed by atoms with Crippen LogP contribution in [0.5, 0.6) is 0 Å². The summed E-state index contributed by atoms with van der Waals surface area (Å²) in [6.07, 6.45) is 3.70. The molecule has 1 aliphatic rings. The van der Waals surface area contributed by atoms with Gasteiger partial charge in [0.05, 0.1) is 17.1 Å². The van der Waals surface area contributed by atoms with Gasteiger partial charge in [-0.05, 0) is 24.8 Å². The molecule has 7 nitrogen and oxygen atoms in total. The number of benzene rings is 1. The average Bonchev–Trinajstić information content (AvgIpc) is 2.65. The van der Waals surface area contributed by atoms with Gasteiger partial charge in [-0.2, -0.15) is 0 Å². The molecule has 0 unspecified atom stereocenters. The third-order valence-electron chi connectivity index (χ3n) is 5.05. The number of carbonyl (C=O) groups is 2. The number of aliphatic hydroxyl groups is 1. The summed E-state index contributed by atoms with van der Waals surface area (Å²) in [5.74, 6) is -2.00. The predicted molar refractivity (Wildman–Crippen MR) is 99.3 cm³/mol. The molecule has 1 aliphatic carbocycles. The van der Waals surface area contributed by atoms with Crippen LogP contribution in [0.1, 0.15) is 51.0 Å². The lowest BCUT2D eigenvalue weighted by Gasteiger charge is -2.36. The van der Waals surface area contributed by atoms with Gasteiger partial charge >= 0.3 is 5.97 Å². The van der Waals surface area contributed by atoms with E-state index in [0.29, 0.717) is 5.56 Å². The van der Waals surface area contributed by atoms with Gasteiger partial charge < -0.3 is 14.6 Å². The average molecular weight is 375 g/mol. The van der Waals surface area contributed by atoms with Gasteiger partial charge in [-0.3, -0.25) is 10.1 Å². The van der Waals surface area contributed by atoms with Crippen molar-refractivity contribution in [2.45, 2.75) is 45.4 Å². The molecular weight excluding hydrogens is 350 g/mol. The van der Waals surface area contributed by atoms with E-state index in [0.717, 1.165) is 25.5 Å². The fourth-order valence-electron chi connectivity index (χ4n) is 3.73. The van der Waals surface area contributed by atoms with E-state index < -0.39 is 22.7 Å². The largest absolute Gasteiger partial charge is 0.512 e. The second-order valence-corrected chi connectivity index (χ2v) is 6.73. The van der Waals surface area contributed by atoms with Gasteiger partial charge in [-0.1, -0.05) is 31.9 Å². The molecule has 2 rings (SSSR count). The van der Waals surface area contributed by atoms with E-state index in [9.17, 15) is 24.8 Å². The number of non-ortho nitro benzene ring substituents is 1. The maximum Gasteiger partial charge on any atom is 0.338 e. The molecule has 27 heavy (non-hydrogen) atoms. The number of allylic oxidation sites excluding steroid dienone is 1. The summed E-state index contributed by atoms with van der Waals surface area (Å²) in [6.45, 7) is 3.86. The number of nitrogens with zero attached hydrogens (tertiary/aromatic N) is 1. The number of esters is 1. The number of nitro groups is 1. The zero-order valence-electron chi connectivity index (χ0n) is 15.6. The van der Waals surface area contributed by atoms with Crippen molar-refractivity contribution in [2.75, 3.05) is 6.61 Å². The van der Waals surface area contributed by atoms with Gasteiger partial charge in [0, 0.05) is 30.4 Å². The maximum atomic E-state index is 12.5. The number of carbonyl (C=O) groups excluding carboxylic acids is 2. The van der Waals surface area contributed by atoms with Crippen molar-refractivity contribution in [1.29, 1.82) is 0 Å². The van der Waals surface area contributed by atoms with E-state index in [1.165, 1.54) is 24.3 Å². The molecule has 1 aromatic rings. The van der Waals surface area contributed by atoms with Gasteiger partial charge in [0.1, 0.15) is 12.0 Å². The first-order valence-corrected chi connectivity index (χ1v) is 9.23. The molecule has 0 radical (unpaired) electrons. The molecule has 0 spiro atoms. The van der Waals surface area contributed by atoms with Gasteiger partial charge in [0.15, 0.2) is 0 Å². The van der Waals surface area contributed by atoms with Gasteiger partial charge in [-0.15, -0.1) is 0 Å². The Kier molecular flexibility index (Phi) is 7.10. The van der Waals surface area contributed by atoms with E-state index >= 15 is 0 Å². The summed E-state index contributed by atoms with van der Waals surface area (Å²) in [6, 6.07) is 5.75. The van der Waals surface area contributed by atoms with E-state index in [4.69, 9.17) is 4.74 Å². The SMILES string of the molecule is CCCC[C@H]1CC(O)=C(C(=O)OCC)[C@H](c2ccc([N+](=O)[O-])cc2)[C@H]1C=O. The Morgan fingerprint density at radius 1 is 1.33 bits per heavy atom. The van der Waals surface area contributed by atoms with E-state index in [1.807, 2.05) is 6.92 Å². The lowest BCUT2D eigenvalue weighted by Crippen LogP contribution is -2.34. The molecule has 0 heterocycles. The fourth-order valence-corrected chi connectivity index (χ4v) is 3.73. The summed E-state index contributed by atoms with van der Waals surface area (Å²) < 4.78 is 5.09. The summed E-state index contributed by atoms with van der Waals surface area (Å²) in [4.78, 5) is 34.9. The van der Waals surface area contributed by atoms with Crippen molar-refractivity contribution in [3.8, 4) is 0 Å². The quantitative estimate of drug-likeness (QED) is 0.317. The number of ether oxygens (including phenoxy) is 1. The minimum atomic E-state index is -0.682. The standard InChI is InChI=1S/C20H25NO6/c1-3-5-6-14-11-17(23)19(20(24)27-4-2)18(16(14)12-22)13-7-9-15(10-8-13)21(25)26/h7-10,12,14,16,18,23H,3-6,11H2,1-2H3/t14-,16-,18+/m0/s1. The fraction of sp³-hybridized carbons (Fsp3) is 0.500. The molecule has 1 N–H and O–H groups in total.